The third kappa shape index (κ3) is 0.832. The lowest BCUT2D eigenvalue weighted by molar-refractivity contribution is 0.631. The summed E-state index contributed by atoms with van der Waals surface area (Å²) in [6.45, 7) is 0. The first-order chi connectivity index (χ1) is 5.27. The molecule has 2 aromatic rings. The van der Waals surface area contributed by atoms with Gasteiger partial charge in [-0.1, -0.05) is 0 Å². The van der Waals surface area contributed by atoms with E-state index in [2.05, 4.69) is 4.98 Å². The average molecular weight is 151 g/mol. The predicted molar refractivity (Wildman–Crippen MR) is 39.6 cm³/mol. The first-order valence-electron chi connectivity index (χ1n) is 3.15. The summed E-state index contributed by atoms with van der Waals surface area (Å²) < 4.78 is 14.4. The first kappa shape index (κ1) is 6.15. The van der Waals surface area contributed by atoms with Gasteiger partial charge < -0.3 is 10.1 Å². The molecule has 4 heteroatoms. The number of nitrogen functional groups attached to an aromatic ring is 1. The largest absolute Gasteiger partial charge is 0.395 e. The lowest BCUT2D eigenvalue weighted by Crippen LogP contribution is -1.94. The van der Waals surface area contributed by atoms with Crippen LogP contribution in [0.3, 0.4) is 0 Å². The standard InChI is InChI=1S/C7H6FN3/c8-5-3-7-10-1-2-11(7)4-6(5)9/h1-4H,9H2. The van der Waals surface area contributed by atoms with Crippen molar-refractivity contribution in [1.82, 2.24) is 9.38 Å². The Balaban J connectivity index is 2.86. The maximum atomic E-state index is 12.7. The minimum atomic E-state index is -0.427. The minimum absolute atomic E-state index is 0.135. The smallest absolute Gasteiger partial charge is 0.151 e. The zero-order valence-corrected chi connectivity index (χ0v) is 5.66. The van der Waals surface area contributed by atoms with E-state index in [0.29, 0.717) is 5.65 Å². The molecule has 0 aliphatic rings. The number of hydrogen-bond acceptors (Lipinski definition) is 2. The molecule has 0 bridgehead atoms. The van der Waals surface area contributed by atoms with Crippen molar-refractivity contribution >= 4 is 11.3 Å². The van der Waals surface area contributed by atoms with Crippen molar-refractivity contribution in [3.05, 3.63) is 30.5 Å². The highest BCUT2D eigenvalue weighted by molar-refractivity contribution is 5.48. The molecule has 0 unspecified atom stereocenters. The van der Waals surface area contributed by atoms with E-state index in [4.69, 9.17) is 5.73 Å². The molecule has 2 heterocycles. The molecule has 0 saturated heterocycles. The van der Waals surface area contributed by atoms with Crippen LogP contribution in [0.15, 0.2) is 24.7 Å². The van der Waals surface area contributed by atoms with E-state index in [1.54, 1.807) is 16.8 Å². The second-order valence-corrected chi connectivity index (χ2v) is 2.27. The second kappa shape index (κ2) is 1.95. The monoisotopic (exact) mass is 151 g/mol. The molecular formula is C7H6FN3. The number of anilines is 1. The highest BCUT2D eigenvalue weighted by Gasteiger charge is 2.00. The molecule has 0 aliphatic carbocycles. The molecule has 0 fully saturated rings. The molecule has 0 aliphatic heterocycles. The Morgan fingerprint density at radius 2 is 2.36 bits per heavy atom. The van der Waals surface area contributed by atoms with Crippen LogP contribution in [0, 0.1) is 5.82 Å². The minimum Gasteiger partial charge on any atom is -0.395 e. The number of nitrogens with two attached hydrogens (primary N) is 1. The molecular weight excluding hydrogens is 145 g/mol. The lowest BCUT2D eigenvalue weighted by Gasteiger charge is -1.96. The molecule has 0 saturated carbocycles. The van der Waals surface area contributed by atoms with Gasteiger partial charge in [-0.15, -0.1) is 0 Å². The quantitative estimate of drug-likeness (QED) is 0.611. The van der Waals surface area contributed by atoms with Crippen LogP contribution in [0.2, 0.25) is 0 Å². The normalized spacial score (nSPS) is 10.6. The molecule has 0 radical (unpaired) electrons. The van der Waals surface area contributed by atoms with Gasteiger partial charge in [-0.25, -0.2) is 9.37 Å². The third-order valence-electron chi connectivity index (χ3n) is 1.51. The molecule has 0 atom stereocenters. The van der Waals surface area contributed by atoms with Crippen molar-refractivity contribution in [2.24, 2.45) is 0 Å². The molecule has 56 valence electrons. The number of rotatable bonds is 0. The highest BCUT2D eigenvalue weighted by Crippen LogP contribution is 2.11. The summed E-state index contributed by atoms with van der Waals surface area (Å²) in [6, 6.07) is 1.30. The molecule has 11 heavy (non-hydrogen) atoms. The number of fused-ring (bicyclic) bond motifs is 1. The summed E-state index contributed by atoms with van der Waals surface area (Å²) in [5, 5.41) is 0. The Morgan fingerprint density at radius 1 is 1.55 bits per heavy atom. The summed E-state index contributed by atoms with van der Waals surface area (Å²) in [7, 11) is 0. The van der Waals surface area contributed by atoms with E-state index >= 15 is 0 Å². The average Bonchev–Trinajstić information content (AvgIpc) is 2.36. The Kier molecular flexibility index (Phi) is 1.09. The molecule has 0 aromatic carbocycles. The summed E-state index contributed by atoms with van der Waals surface area (Å²) >= 11 is 0. The number of halogens is 1. The fourth-order valence-corrected chi connectivity index (χ4v) is 0.954. The fraction of sp³-hybridized carbons (Fsp3) is 0. The van der Waals surface area contributed by atoms with Gasteiger partial charge in [-0.2, -0.15) is 0 Å². The SMILES string of the molecule is Nc1cn2ccnc2cc1F. The van der Waals surface area contributed by atoms with Crippen LogP contribution < -0.4 is 5.73 Å². The molecule has 2 rings (SSSR count). The van der Waals surface area contributed by atoms with Crippen molar-refractivity contribution in [2.45, 2.75) is 0 Å². The third-order valence-corrected chi connectivity index (χ3v) is 1.51. The maximum absolute atomic E-state index is 12.7. The van der Waals surface area contributed by atoms with Crippen LogP contribution >= 0.6 is 0 Å². The Bertz CT molecular complexity index is 357. The van der Waals surface area contributed by atoms with Crippen LogP contribution in [-0.4, -0.2) is 9.38 Å². The molecule has 0 spiro atoms. The highest BCUT2D eigenvalue weighted by atomic mass is 19.1. The summed E-state index contributed by atoms with van der Waals surface area (Å²) in [5.74, 6) is -0.427. The van der Waals surface area contributed by atoms with E-state index in [9.17, 15) is 4.39 Å². The van der Waals surface area contributed by atoms with Crippen molar-refractivity contribution in [3.8, 4) is 0 Å². The Labute approximate surface area is 62.3 Å². The van der Waals surface area contributed by atoms with Crippen LogP contribution in [0.4, 0.5) is 10.1 Å². The van der Waals surface area contributed by atoms with Crippen LogP contribution in [0.5, 0.6) is 0 Å². The molecule has 3 nitrogen and oxygen atoms in total. The zero-order chi connectivity index (χ0) is 7.84. The van der Waals surface area contributed by atoms with Crippen molar-refractivity contribution < 1.29 is 4.39 Å². The van der Waals surface area contributed by atoms with Crippen LogP contribution in [0.1, 0.15) is 0 Å². The summed E-state index contributed by atoms with van der Waals surface area (Å²) in [6.07, 6.45) is 4.80. The van der Waals surface area contributed by atoms with Gasteiger partial charge in [-0.3, -0.25) is 0 Å². The van der Waals surface area contributed by atoms with Gasteiger partial charge in [0.1, 0.15) is 5.65 Å². The second-order valence-electron chi connectivity index (χ2n) is 2.27. The number of nitrogens with zero attached hydrogens (tertiary/aromatic N) is 2. The van der Waals surface area contributed by atoms with Gasteiger partial charge in [0.2, 0.25) is 0 Å². The van der Waals surface area contributed by atoms with Gasteiger partial charge in [0.05, 0.1) is 5.69 Å². The molecule has 0 amide bonds. The van der Waals surface area contributed by atoms with Crippen LogP contribution in [0.25, 0.3) is 5.65 Å². The maximum Gasteiger partial charge on any atom is 0.151 e. The Hall–Kier alpha value is -1.58. The summed E-state index contributed by atoms with van der Waals surface area (Å²) in [4.78, 5) is 3.89. The topological polar surface area (TPSA) is 43.3 Å². The van der Waals surface area contributed by atoms with Gasteiger partial charge in [0.15, 0.2) is 5.82 Å². The van der Waals surface area contributed by atoms with Crippen molar-refractivity contribution in [1.29, 1.82) is 0 Å². The van der Waals surface area contributed by atoms with E-state index in [0.717, 1.165) is 0 Å². The van der Waals surface area contributed by atoms with E-state index in [-0.39, 0.29) is 5.69 Å². The predicted octanol–water partition coefficient (Wildman–Crippen LogP) is 1.06. The van der Waals surface area contributed by atoms with E-state index in [1.165, 1.54) is 12.3 Å². The molecule has 2 aromatic heterocycles. The van der Waals surface area contributed by atoms with Crippen LogP contribution in [-0.2, 0) is 0 Å². The van der Waals surface area contributed by atoms with Gasteiger partial charge >= 0.3 is 0 Å². The number of aromatic nitrogens is 2. The zero-order valence-electron chi connectivity index (χ0n) is 5.66. The van der Waals surface area contributed by atoms with Gasteiger partial charge in [0, 0.05) is 24.7 Å². The lowest BCUT2D eigenvalue weighted by atomic mass is 10.4. The van der Waals surface area contributed by atoms with E-state index in [1.807, 2.05) is 0 Å². The number of imidazole rings is 1. The Morgan fingerprint density at radius 3 is 3.18 bits per heavy atom. The van der Waals surface area contributed by atoms with Crippen molar-refractivity contribution in [2.75, 3.05) is 5.73 Å². The van der Waals surface area contributed by atoms with Gasteiger partial charge in [-0.05, 0) is 0 Å². The first-order valence-corrected chi connectivity index (χ1v) is 3.15. The van der Waals surface area contributed by atoms with Gasteiger partial charge in [0.25, 0.3) is 0 Å². The van der Waals surface area contributed by atoms with E-state index < -0.39 is 5.82 Å². The molecule has 2 N–H and O–H groups in total. The van der Waals surface area contributed by atoms with Crippen molar-refractivity contribution in [3.63, 3.8) is 0 Å². The number of pyridine rings is 1. The summed E-state index contributed by atoms with van der Waals surface area (Å²) in [5.41, 5.74) is 6.02. The fourth-order valence-electron chi connectivity index (χ4n) is 0.954. The number of hydrogen-bond donors (Lipinski definition) is 1.